The summed E-state index contributed by atoms with van der Waals surface area (Å²) in [6.45, 7) is 5.88. The summed E-state index contributed by atoms with van der Waals surface area (Å²) in [5, 5.41) is 13.6. The Labute approximate surface area is 152 Å². The van der Waals surface area contributed by atoms with E-state index in [9.17, 15) is 14.4 Å². The Hall–Kier alpha value is -3.15. The molecular formula is C20H22N2O4. The number of carbonyl (C=O) groups is 3. The number of amides is 2. The highest BCUT2D eigenvalue weighted by Crippen LogP contribution is 2.22. The number of anilines is 1. The van der Waals surface area contributed by atoms with Crippen LogP contribution < -0.4 is 10.6 Å². The summed E-state index contributed by atoms with van der Waals surface area (Å²) in [5.74, 6) is -1.84. The fraction of sp³-hybridized carbons (Fsp3) is 0.250. The number of rotatable bonds is 5. The third-order valence-electron chi connectivity index (χ3n) is 3.82. The van der Waals surface area contributed by atoms with Crippen LogP contribution in [0.1, 0.15) is 47.1 Å². The number of carboxylic acids is 1. The fourth-order valence-electron chi connectivity index (χ4n) is 2.29. The predicted octanol–water partition coefficient (Wildman–Crippen LogP) is 3.05. The molecular weight excluding hydrogens is 332 g/mol. The largest absolute Gasteiger partial charge is 0.480 e. The minimum Gasteiger partial charge on any atom is -0.480 e. The van der Waals surface area contributed by atoms with Gasteiger partial charge >= 0.3 is 5.97 Å². The lowest BCUT2D eigenvalue weighted by atomic mass is 9.87. The molecule has 0 aliphatic heterocycles. The van der Waals surface area contributed by atoms with Crippen molar-refractivity contribution in [3.05, 3.63) is 65.2 Å². The van der Waals surface area contributed by atoms with Gasteiger partial charge in [0, 0.05) is 16.8 Å². The average molecular weight is 354 g/mol. The molecule has 0 saturated carbocycles. The highest BCUT2D eigenvalue weighted by molar-refractivity contribution is 6.04. The van der Waals surface area contributed by atoms with Crippen molar-refractivity contribution in [3.8, 4) is 0 Å². The van der Waals surface area contributed by atoms with Crippen LogP contribution in [-0.2, 0) is 10.2 Å². The van der Waals surface area contributed by atoms with E-state index in [1.807, 2.05) is 12.1 Å². The molecule has 2 aromatic carbocycles. The third kappa shape index (κ3) is 5.17. The average Bonchev–Trinajstić information content (AvgIpc) is 2.59. The normalized spacial score (nSPS) is 10.9. The van der Waals surface area contributed by atoms with E-state index < -0.39 is 18.4 Å². The lowest BCUT2D eigenvalue weighted by Crippen LogP contribution is -2.29. The molecule has 136 valence electrons. The van der Waals surface area contributed by atoms with Gasteiger partial charge in [0.05, 0.1) is 0 Å². The van der Waals surface area contributed by atoms with Gasteiger partial charge < -0.3 is 15.7 Å². The topological polar surface area (TPSA) is 95.5 Å². The van der Waals surface area contributed by atoms with Crippen LogP contribution in [0.2, 0.25) is 0 Å². The van der Waals surface area contributed by atoms with Crippen LogP contribution >= 0.6 is 0 Å². The number of carbonyl (C=O) groups excluding carboxylic acids is 2. The maximum absolute atomic E-state index is 12.3. The van der Waals surface area contributed by atoms with E-state index in [4.69, 9.17) is 5.11 Å². The van der Waals surface area contributed by atoms with Crippen molar-refractivity contribution in [2.45, 2.75) is 26.2 Å². The molecule has 2 rings (SSSR count). The summed E-state index contributed by atoms with van der Waals surface area (Å²) < 4.78 is 0. The van der Waals surface area contributed by atoms with Gasteiger partial charge in [0.15, 0.2) is 0 Å². The van der Waals surface area contributed by atoms with Crippen LogP contribution in [0.3, 0.4) is 0 Å². The molecule has 0 atom stereocenters. The predicted molar refractivity (Wildman–Crippen MR) is 99.5 cm³/mol. The van der Waals surface area contributed by atoms with Crippen molar-refractivity contribution >= 4 is 23.5 Å². The molecule has 0 heterocycles. The maximum atomic E-state index is 12.3. The minimum atomic E-state index is -1.11. The quantitative estimate of drug-likeness (QED) is 0.769. The second kappa shape index (κ2) is 7.82. The van der Waals surface area contributed by atoms with Crippen molar-refractivity contribution in [2.75, 3.05) is 11.9 Å². The van der Waals surface area contributed by atoms with Crippen LogP contribution in [0, 0.1) is 0 Å². The number of hydrogen-bond donors (Lipinski definition) is 3. The molecule has 0 bridgehead atoms. The van der Waals surface area contributed by atoms with Crippen LogP contribution in [0.15, 0.2) is 48.5 Å². The van der Waals surface area contributed by atoms with Gasteiger partial charge in [-0.05, 0) is 47.4 Å². The van der Waals surface area contributed by atoms with Crippen LogP contribution in [0.25, 0.3) is 0 Å². The zero-order chi connectivity index (χ0) is 19.3. The number of aliphatic carboxylic acids is 1. The molecule has 0 fully saturated rings. The first-order valence-electron chi connectivity index (χ1n) is 8.19. The standard InChI is InChI=1S/C20H22N2O4/c1-20(2,3)15-8-4-14(5-9-15)19(26)22-16-10-6-13(7-11-16)18(25)21-12-17(23)24/h4-11H,12H2,1-3H3,(H,21,25)(H,22,26)(H,23,24). The van der Waals surface area contributed by atoms with Gasteiger partial charge in [-0.2, -0.15) is 0 Å². The van der Waals surface area contributed by atoms with Gasteiger partial charge in [0.2, 0.25) is 0 Å². The molecule has 6 nitrogen and oxygen atoms in total. The summed E-state index contributed by atoms with van der Waals surface area (Å²) in [4.78, 5) is 34.5. The van der Waals surface area contributed by atoms with Crippen molar-refractivity contribution in [1.82, 2.24) is 5.32 Å². The molecule has 0 spiro atoms. The van der Waals surface area contributed by atoms with Crippen LogP contribution in [0.5, 0.6) is 0 Å². The molecule has 2 aromatic rings. The molecule has 0 saturated heterocycles. The highest BCUT2D eigenvalue weighted by Gasteiger charge is 2.14. The molecule has 6 heteroatoms. The first-order chi connectivity index (χ1) is 12.2. The van der Waals surface area contributed by atoms with Crippen LogP contribution in [0.4, 0.5) is 5.69 Å². The minimum absolute atomic E-state index is 0.0199. The molecule has 0 aliphatic carbocycles. The number of hydrogen-bond acceptors (Lipinski definition) is 3. The van der Waals surface area contributed by atoms with Crippen molar-refractivity contribution in [3.63, 3.8) is 0 Å². The van der Waals surface area contributed by atoms with E-state index in [2.05, 4.69) is 31.4 Å². The Bertz CT molecular complexity index is 803. The highest BCUT2D eigenvalue weighted by atomic mass is 16.4. The molecule has 0 unspecified atom stereocenters. The van der Waals surface area contributed by atoms with E-state index >= 15 is 0 Å². The monoisotopic (exact) mass is 354 g/mol. The Morgan fingerprint density at radius 1 is 0.846 bits per heavy atom. The summed E-state index contributed by atoms with van der Waals surface area (Å²) in [5.41, 5.74) is 2.57. The van der Waals surface area contributed by atoms with E-state index in [0.717, 1.165) is 5.56 Å². The second-order valence-electron chi connectivity index (χ2n) is 6.94. The van der Waals surface area contributed by atoms with Crippen molar-refractivity contribution in [1.29, 1.82) is 0 Å². The Morgan fingerprint density at radius 3 is 1.85 bits per heavy atom. The van der Waals surface area contributed by atoms with Gasteiger partial charge in [0.1, 0.15) is 6.54 Å². The zero-order valence-electron chi connectivity index (χ0n) is 15.0. The van der Waals surface area contributed by atoms with Gasteiger partial charge in [0.25, 0.3) is 11.8 Å². The molecule has 26 heavy (non-hydrogen) atoms. The Morgan fingerprint density at radius 2 is 1.35 bits per heavy atom. The molecule has 0 aliphatic rings. The first-order valence-corrected chi connectivity index (χ1v) is 8.19. The Balaban J connectivity index is 2.01. The van der Waals surface area contributed by atoms with E-state index in [0.29, 0.717) is 16.8 Å². The number of benzene rings is 2. The number of nitrogens with one attached hydrogen (secondary N) is 2. The second-order valence-corrected chi connectivity index (χ2v) is 6.94. The lowest BCUT2D eigenvalue weighted by Gasteiger charge is -2.19. The SMILES string of the molecule is CC(C)(C)c1ccc(C(=O)Nc2ccc(C(=O)NCC(=O)O)cc2)cc1. The van der Waals surface area contributed by atoms with Gasteiger partial charge in [-0.25, -0.2) is 0 Å². The van der Waals surface area contributed by atoms with E-state index in [1.54, 1.807) is 24.3 Å². The number of carboxylic acid groups (broad SMARTS) is 1. The van der Waals surface area contributed by atoms with Crippen molar-refractivity contribution in [2.24, 2.45) is 0 Å². The van der Waals surface area contributed by atoms with Crippen molar-refractivity contribution < 1.29 is 19.5 Å². The van der Waals surface area contributed by atoms with E-state index in [1.165, 1.54) is 12.1 Å². The summed E-state index contributed by atoms with van der Waals surface area (Å²) in [7, 11) is 0. The maximum Gasteiger partial charge on any atom is 0.322 e. The molecule has 2 amide bonds. The molecule has 0 aromatic heterocycles. The fourth-order valence-corrected chi connectivity index (χ4v) is 2.29. The molecule has 3 N–H and O–H groups in total. The zero-order valence-corrected chi connectivity index (χ0v) is 15.0. The first kappa shape index (κ1) is 19.2. The van der Waals surface area contributed by atoms with E-state index in [-0.39, 0.29) is 11.3 Å². The van der Waals surface area contributed by atoms with Gasteiger partial charge in [-0.15, -0.1) is 0 Å². The summed E-state index contributed by atoms with van der Waals surface area (Å²) in [6, 6.07) is 13.7. The van der Waals surface area contributed by atoms with Crippen LogP contribution in [-0.4, -0.2) is 29.4 Å². The molecule has 0 radical (unpaired) electrons. The Kier molecular flexibility index (Phi) is 5.77. The summed E-state index contributed by atoms with van der Waals surface area (Å²) in [6.07, 6.45) is 0. The third-order valence-corrected chi connectivity index (χ3v) is 3.82. The summed E-state index contributed by atoms with van der Waals surface area (Å²) >= 11 is 0. The van der Waals surface area contributed by atoms with Gasteiger partial charge in [-0.3, -0.25) is 14.4 Å². The van der Waals surface area contributed by atoms with Gasteiger partial charge in [-0.1, -0.05) is 32.9 Å². The lowest BCUT2D eigenvalue weighted by molar-refractivity contribution is -0.135. The smallest absolute Gasteiger partial charge is 0.322 e.